The summed E-state index contributed by atoms with van der Waals surface area (Å²) in [6, 6.07) is 16.9. The highest BCUT2D eigenvalue weighted by molar-refractivity contribution is 7.99. The molecule has 2 aromatic rings. The molecule has 1 aliphatic heterocycles. The summed E-state index contributed by atoms with van der Waals surface area (Å²) in [4.78, 5) is 17.4. The van der Waals surface area contributed by atoms with Gasteiger partial charge in [-0.2, -0.15) is 11.8 Å². The van der Waals surface area contributed by atoms with Gasteiger partial charge in [0.05, 0.1) is 13.1 Å². The van der Waals surface area contributed by atoms with Crippen molar-refractivity contribution in [1.29, 1.82) is 0 Å². The number of hydrogen-bond acceptors (Lipinski definition) is 4. The Morgan fingerprint density at radius 1 is 1.20 bits per heavy atom. The Bertz CT molecular complexity index is 917. The van der Waals surface area contributed by atoms with Crippen LogP contribution in [0, 0.1) is 12.3 Å². The number of anilines is 1. The van der Waals surface area contributed by atoms with E-state index in [1.165, 1.54) is 28.2 Å². The number of aryl methyl sites for hydroxylation is 1. The Kier molecular flexibility index (Phi) is 7.11. The quantitative estimate of drug-likeness (QED) is 0.693. The summed E-state index contributed by atoms with van der Waals surface area (Å²) in [5.74, 6) is 5.13. The molecule has 0 saturated carbocycles. The van der Waals surface area contributed by atoms with Crippen LogP contribution in [0.1, 0.15) is 29.2 Å². The van der Waals surface area contributed by atoms with Crippen molar-refractivity contribution >= 4 is 23.4 Å². The van der Waals surface area contributed by atoms with Crippen LogP contribution in [0.25, 0.3) is 0 Å². The first-order valence-corrected chi connectivity index (χ1v) is 11.8. The van der Waals surface area contributed by atoms with Crippen LogP contribution in [0.5, 0.6) is 0 Å². The molecule has 1 heterocycles. The number of fused-ring (bicyclic) bond motifs is 1. The second-order valence-electron chi connectivity index (χ2n) is 8.00. The SMILES string of the molecule is C#CCN(CC(=O)Nc1cccc(CN2CCSCC2)c1)C1CCc2ccccc21. The van der Waals surface area contributed by atoms with Gasteiger partial charge in [0.15, 0.2) is 0 Å². The number of nitrogens with zero attached hydrogens (tertiary/aromatic N) is 2. The Labute approximate surface area is 184 Å². The highest BCUT2D eigenvalue weighted by Gasteiger charge is 2.28. The fourth-order valence-electron chi connectivity index (χ4n) is 4.46. The molecule has 1 amide bonds. The van der Waals surface area contributed by atoms with E-state index in [0.29, 0.717) is 13.1 Å². The van der Waals surface area contributed by atoms with E-state index in [4.69, 9.17) is 6.42 Å². The Balaban J connectivity index is 1.38. The topological polar surface area (TPSA) is 35.6 Å². The van der Waals surface area contributed by atoms with Crippen LogP contribution >= 0.6 is 11.8 Å². The molecule has 0 aromatic heterocycles. The maximum absolute atomic E-state index is 12.8. The normalized spacial score (nSPS) is 18.7. The highest BCUT2D eigenvalue weighted by Crippen LogP contribution is 2.35. The van der Waals surface area contributed by atoms with Crippen LogP contribution in [0.2, 0.25) is 0 Å². The lowest BCUT2D eigenvalue weighted by atomic mass is 10.1. The van der Waals surface area contributed by atoms with Gasteiger partial charge in [0.25, 0.3) is 0 Å². The third-order valence-corrected chi connectivity index (χ3v) is 6.85. The van der Waals surface area contributed by atoms with Crippen molar-refractivity contribution < 1.29 is 4.79 Å². The van der Waals surface area contributed by atoms with Crippen molar-refractivity contribution in [2.24, 2.45) is 0 Å². The van der Waals surface area contributed by atoms with Crippen molar-refractivity contribution in [1.82, 2.24) is 9.80 Å². The fourth-order valence-corrected chi connectivity index (χ4v) is 5.44. The van der Waals surface area contributed by atoms with Gasteiger partial charge < -0.3 is 5.32 Å². The van der Waals surface area contributed by atoms with Gasteiger partial charge in [0.2, 0.25) is 5.91 Å². The predicted octanol–water partition coefficient (Wildman–Crippen LogP) is 3.80. The standard InChI is InChI=1S/C25H29N3OS/c1-2-12-28(24-11-10-21-7-3-4-9-23(21)24)19-25(29)26-22-8-5-6-20(17-22)18-27-13-15-30-16-14-27/h1,3-9,17,24H,10-16,18-19H2,(H,26,29). The number of terminal acetylenes is 1. The van der Waals surface area contributed by atoms with E-state index in [2.05, 4.69) is 57.4 Å². The first kappa shape index (κ1) is 21.0. The molecule has 1 saturated heterocycles. The number of carbonyl (C=O) groups is 1. The van der Waals surface area contributed by atoms with Crippen molar-refractivity contribution in [3.05, 3.63) is 65.2 Å². The lowest BCUT2D eigenvalue weighted by Crippen LogP contribution is -2.36. The lowest BCUT2D eigenvalue weighted by Gasteiger charge is -2.27. The zero-order chi connectivity index (χ0) is 20.8. The highest BCUT2D eigenvalue weighted by atomic mass is 32.2. The van der Waals surface area contributed by atoms with E-state index in [0.717, 1.165) is 38.2 Å². The minimum absolute atomic E-state index is 0.0128. The molecule has 1 N–H and O–H groups in total. The minimum Gasteiger partial charge on any atom is -0.325 e. The molecule has 1 aliphatic carbocycles. The summed E-state index contributed by atoms with van der Waals surface area (Å²) >= 11 is 2.02. The molecule has 5 heteroatoms. The molecule has 2 aromatic carbocycles. The van der Waals surface area contributed by atoms with Gasteiger partial charge in [-0.15, -0.1) is 6.42 Å². The van der Waals surface area contributed by atoms with Crippen molar-refractivity contribution in [2.45, 2.75) is 25.4 Å². The number of hydrogen-bond donors (Lipinski definition) is 1. The molecular formula is C25H29N3OS. The molecule has 4 nitrogen and oxygen atoms in total. The summed E-state index contributed by atoms with van der Waals surface area (Å²) in [6.07, 6.45) is 7.68. The van der Waals surface area contributed by atoms with Gasteiger partial charge in [-0.05, 0) is 41.7 Å². The van der Waals surface area contributed by atoms with Crippen LogP contribution < -0.4 is 5.32 Å². The van der Waals surface area contributed by atoms with Crippen LogP contribution in [-0.4, -0.2) is 53.4 Å². The second kappa shape index (κ2) is 10.2. The largest absolute Gasteiger partial charge is 0.325 e. The zero-order valence-electron chi connectivity index (χ0n) is 17.3. The summed E-state index contributed by atoms with van der Waals surface area (Å²) < 4.78 is 0. The molecule has 30 heavy (non-hydrogen) atoms. The minimum atomic E-state index is -0.0128. The van der Waals surface area contributed by atoms with Gasteiger partial charge in [-0.1, -0.05) is 42.3 Å². The average Bonchev–Trinajstić information content (AvgIpc) is 3.18. The van der Waals surface area contributed by atoms with Crippen LogP contribution in [0.3, 0.4) is 0 Å². The Hall–Kier alpha value is -2.26. The average molecular weight is 420 g/mol. The van der Waals surface area contributed by atoms with E-state index in [1.54, 1.807) is 0 Å². The molecule has 1 fully saturated rings. The first-order valence-electron chi connectivity index (χ1n) is 10.7. The van der Waals surface area contributed by atoms with Gasteiger partial charge >= 0.3 is 0 Å². The predicted molar refractivity (Wildman–Crippen MR) is 126 cm³/mol. The van der Waals surface area contributed by atoms with Crippen molar-refractivity contribution in [2.75, 3.05) is 43.0 Å². The summed E-state index contributed by atoms with van der Waals surface area (Å²) in [7, 11) is 0. The maximum Gasteiger partial charge on any atom is 0.238 e. The zero-order valence-corrected chi connectivity index (χ0v) is 18.2. The summed E-state index contributed by atoms with van der Waals surface area (Å²) in [6.45, 7) is 3.97. The molecule has 0 bridgehead atoms. The number of thioether (sulfide) groups is 1. The van der Waals surface area contributed by atoms with E-state index in [-0.39, 0.29) is 11.9 Å². The molecule has 1 atom stereocenters. The fraction of sp³-hybridized carbons (Fsp3) is 0.400. The summed E-state index contributed by atoms with van der Waals surface area (Å²) in [5, 5.41) is 3.08. The van der Waals surface area contributed by atoms with E-state index >= 15 is 0 Å². The summed E-state index contributed by atoms with van der Waals surface area (Å²) in [5.41, 5.74) is 4.78. The van der Waals surface area contributed by atoms with Crippen molar-refractivity contribution in [3.8, 4) is 12.3 Å². The molecule has 2 aliphatic rings. The molecule has 4 rings (SSSR count). The van der Waals surface area contributed by atoms with Gasteiger partial charge in [-0.3, -0.25) is 14.6 Å². The molecular weight excluding hydrogens is 390 g/mol. The number of amides is 1. The van der Waals surface area contributed by atoms with E-state index in [9.17, 15) is 4.79 Å². The van der Waals surface area contributed by atoms with Gasteiger partial charge in [-0.25, -0.2) is 0 Å². The van der Waals surface area contributed by atoms with E-state index in [1.807, 2.05) is 23.9 Å². The molecule has 1 unspecified atom stereocenters. The smallest absolute Gasteiger partial charge is 0.238 e. The van der Waals surface area contributed by atoms with Gasteiger partial charge in [0, 0.05) is 42.9 Å². The second-order valence-corrected chi connectivity index (χ2v) is 9.22. The number of rotatable bonds is 7. The van der Waals surface area contributed by atoms with Crippen LogP contribution in [0.4, 0.5) is 5.69 Å². The maximum atomic E-state index is 12.8. The molecule has 156 valence electrons. The monoisotopic (exact) mass is 419 g/mol. The van der Waals surface area contributed by atoms with Gasteiger partial charge in [0.1, 0.15) is 0 Å². The molecule has 0 spiro atoms. The van der Waals surface area contributed by atoms with Crippen molar-refractivity contribution in [3.63, 3.8) is 0 Å². The lowest BCUT2D eigenvalue weighted by molar-refractivity contribution is -0.117. The number of nitrogens with one attached hydrogen (secondary N) is 1. The third-order valence-electron chi connectivity index (χ3n) is 5.90. The Morgan fingerprint density at radius 3 is 2.87 bits per heavy atom. The van der Waals surface area contributed by atoms with E-state index < -0.39 is 0 Å². The first-order chi connectivity index (χ1) is 14.7. The number of benzene rings is 2. The van der Waals surface area contributed by atoms with Crippen LogP contribution in [0.15, 0.2) is 48.5 Å². The third kappa shape index (κ3) is 5.26. The number of carbonyl (C=O) groups excluding carboxylic acids is 1. The molecule has 0 radical (unpaired) electrons. The van der Waals surface area contributed by atoms with Crippen LogP contribution in [-0.2, 0) is 17.8 Å². The Morgan fingerprint density at radius 2 is 2.03 bits per heavy atom.